The summed E-state index contributed by atoms with van der Waals surface area (Å²) in [6.07, 6.45) is 0.0670. The molecule has 2 aliphatic heterocycles. The van der Waals surface area contributed by atoms with E-state index in [-0.39, 0.29) is 12.3 Å². The number of benzene rings is 3. The molecule has 2 unspecified atom stereocenters. The molecule has 2 atom stereocenters. The second-order valence-corrected chi connectivity index (χ2v) is 10.3. The van der Waals surface area contributed by atoms with Crippen LogP contribution in [0.1, 0.15) is 29.0 Å². The van der Waals surface area contributed by atoms with Crippen molar-refractivity contribution in [3.05, 3.63) is 89.5 Å². The highest BCUT2D eigenvalue weighted by Gasteiger charge is 2.45. The highest BCUT2D eigenvalue weighted by molar-refractivity contribution is 7.89. The van der Waals surface area contributed by atoms with E-state index in [1.165, 1.54) is 22.5 Å². The molecule has 0 saturated heterocycles. The Hall–Kier alpha value is -2.87. The Morgan fingerprint density at radius 3 is 1.81 bits per heavy atom. The van der Waals surface area contributed by atoms with Crippen molar-refractivity contribution < 1.29 is 8.42 Å². The van der Waals surface area contributed by atoms with Gasteiger partial charge >= 0.3 is 0 Å². The van der Waals surface area contributed by atoms with E-state index in [1.54, 1.807) is 12.1 Å². The van der Waals surface area contributed by atoms with Crippen molar-refractivity contribution in [3.8, 4) is 0 Å². The Morgan fingerprint density at radius 1 is 0.781 bits per heavy atom. The summed E-state index contributed by atoms with van der Waals surface area (Å²) in [5.41, 5.74) is 5.91. The lowest BCUT2D eigenvalue weighted by Crippen LogP contribution is -2.56. The van der Waals surface area contributed by atoms with Gasteiger partial charge in [-0.25, -0.2) is 13.1 Å². The van der Waals surface area contributed by atoms with E-state index in [2.05, 4.69) is 82.0 Å². The van der Waals surface area contributed by atoms with Crippen molar-refractivity contribution in [2.24, 2.45) is 0 Å². The number of para-hydroxylation sites is 2. The van der Waals surface area contributed by atoms with E-state index in [1.807, 2.05) is 19.1 Å². The third-order valence-electron chi connectivity index (χ3n) is 6.55. The zero-order valence-electron chi connectivity index (χ0n) is 18.6. The minimum atomic E-state index is -3.55. The maximum Gasteiger partial charge on any atom is 0.240 e. The molecule has 6 nitrogen and oxygen atoms in total. The summed E-state index contributed by atoms with van der Waals surface area (Å²) in [5.74, 6) is 0. The molecule has 0 radical (unpaired) electrons. The molecule has 0 aliphatic carbocycles. The molecule has 0 fully saturated rings. The Bertz CT molecular complexity index is 1190. The molecule has 2 aliphatic rings. The van der Waals surface area contributed by atoms with E-state index in [0.29, 0.717) is 18.0 Å². The van der Waals surface area contributed by atoms with Gasteiger partial charge in [-0.3, -0.25) is 4.90 Å². The fourth-order valence-electron chi connectivity index (χ4n) is 5.03. The van der Waals surface area contributed by atoms with Gasteiger partial charge in [0, 0.05) is 49.7 Å². The number of fused-ring (bicyclic) bond motifs is 6. The van der Waals surface area contributed by atoms with Gasteiger partial charge in [0.2, 0.25) is 10.0 Å². The molecule has 5 rings (SSSR count). The summed E-state index contributed by atoms with van der Waals surface area (Å²) >= 11 is 0. The van der Waals surface area contributed by atoms with Crippen molar-refractivity contribution in [3.63, 3.8) is 0 Å². The molecule has 0 saturated carbocycles. The Labute approximate surface area is 190 Å². The Kier molecular flexibility index (Phi) is 5.20. The van der Waals surface area contributed by atoms with Gasteiger partial charge in [0.05, 0.1) is 4.90 Å². The summed E-state index contributed by atoms with van der Waals surface area (Å²) in [6, 6.07) is 23.9. The Morgan fingerprint density at radius 2 is 1.28 bits per heavy atom. The Balaban J connectivity index is 1.45. The summed E-state index contributed by atoms with van der Waals surface area (Å²) in [7, 11) is 0.679. The van der Waals surface area contributed by atoms with Crippen LogP contribution in [-0.4, -0.2) is 40.5 Å². The fraction of sp³-hybridized carbons (Fsp3) is 0.280. The summed E-state index contributed by atoms with van der Waals surface area (Å²) < 4.78 is 28.4. The molecule has 2 bridgehead atoms. The number of rotatable bonds is 5. The number of hydrogen-bond acceptors (Lipinski definition) is 5. The van der Waals surface area contributed by atoms with Gasteiger partial charge in [-0.15, -0.1) is 0 Å². The minimum Gasteiger partial charge on any atom is -0.354 e. The molecule has 0 aromatic heterocycles. The molecular formula is C25H28N4O2S. The van der Waals surface area contributed by atoms with Crippen LogP contribution in [0, 0.1) is 6.92 Å². The van der Waals surface area contributed by atoms with Crippen LogP contribution in [0.4, 0.5) is 11.4 Å². The van der Waals surface area contributed by atoms with Crippen molar-refractivity contribution in [1.82, 2.24) is 9.62 Å². The van der Waals surface area contributed by atoms with E-state index in [9.17, 15) is 8.42 Å². The van der Waals surface area contributed by atoms with Crippen LogP contribution < -0.4 is 14.5 Å². The molecular weight excluding hydrogens is 420 g/mol. The first-order valence-corrected chi connectivity index (χ1v) is 12.3. The smallest absolute Gasteiger partial charge is 0.240 e. The standard InChI is InChI=1S/C25H28N4O2S/c1-18-12-14-19(15-13-18)32(30,31)26-16-17-29-24-21-9-5-7-11-23(21)28(3)25(29)20-8-4-6-10-22(20)27(24)2/h4-15,24-26H,16-17H2,1-3H3. The molecule has 7 heteroatoms. The van der Waals surface area contributed by atoms with E-state index in [4.69, 9.17) is 0 Å². The van der Waals surface area contributed by atoms with Gasteiger partial charge in [-0.05, 0) is 31.2 Å². The molecule has 2 heterocycles. The molecule has 1 N–H and O–H groups in total. The van der Waals surface area contributed by atoms with Crippen LogP contribution in [0.15, 0.2) is 77.7 Å². The van der Waals surface area contributed by atoms with Gasteiger partial charge in [-0.2, -0.15) is 0 Å². The zero-order valence-corrected chi connectivity index (χ0v) is 19.4. The van der Waals surface area contributed by atoms with Crippen LogP contribution in [0.5, 0.6) is 0 Å². The van der Waals surface area contributed by atoms with Gasteiger partial charge < -0.3 is 9.80 Å². The van der Waals surface area contributed by atoms with Crippen LogP contribution >= 0.6 is 0 Å². The zero-order chi connectivity index (χ0) is 22.5. The number of aryl methyl sites for hydroxylation is 1. The van der Waals surface area contributed by atoms with Crippen molar-refractivity contribution >= 4 is 21.4 Å². The molecule has 166 valence electrons. The first-order valence-electron chi connectivity index (χ1n) is 10.8. The predicted molar refractivity (Wildman–Crippen MR) is 128 cm³/mol. The number of nitrogens with zero attached hydrogens (tertiary/aromatic N) is 3. The van der Waals surface area contributed by atoms with Gasteiger partial charge in [0.25, 0.3) is 0 Å². The van der Waals surface area contributed by atoms with Crippen molar-refractivity contribution in [2.45, 2.75) is 24.2 Å². The third kappa shape index (κ3) is 3.37. The SMILES string of the molecule is Cc1ccc(S(=O)(=O)NCCN2C3c4ccccc4N(C)C2c2ccccc2N3C)cc1. The predicted octanol–water partition coefficient (Wildman–Crippen LogP) is 3.87. The molecule has 3 aromatic carbocycles. The topological polar surface area (TPSA) is 55.9 Å². The summed E-state index contributed by atoms with van der Waals surface area (Å²) in [4.78, 5) is 7.27. The summed E-state index contributed by atoms with van der Waals surface area (Å²) in [5, 5.41) is 0. The number of sulfonamides is 1. The number of nitrogens with one attached hydrogen (secondary N) is 1. The first kappa shape index (κ1) is 21.0. The lowest BCUT2D eigenvalue weighted by Gasteiger charge is -2.56. The van der Waals surface area contributed by atoms with Crippen molar-refractivity contribution in [2.75, 3.05) is 37.0 Å². The van der Waals surface area contributed by atoms with Gasteiger partial charge in [0.1, 0.15) is 12.3 Å². The van der Waals surface area contributed by atoms with E-state index >= 15 is 0 Å². The van der Waals surface area contributed by atoms with Crippen LogP contribution in [0.2, 0.25) is 0 Å². The van der Waals surface area contributed by atoms with Gasteiger partial charge in [-0.1, -0.05) is 54.1 Å². The van der Waals surface area contributed by atoms with E-state index in [0.717, 1.165) is 5.56 Å². The average Bonchev–Trinajstić information content (AvgIpc) is 2.79. The average molecular weight is 449 g/mol. The maximum absolute atomic E-state index is 12.8. The van der Waals surface area contributed by atoms with Crippen molar-refractivity contribution in [1.29, 1.82) is 0 Å². The maximum atomic E-state index is 12.8. The highest BCUT2D eigenvalue weighted by Crippen LogP contribution is 2.51. The monoisotopic (exact) mass is 448 g/mol. The first-order chi connectivity index (χ1) is 15.4. The highest BCUT2D eigenvalue weighted by atomic mass is 32.2. The second kappa shape index (κ2) is 7.92. The van der Waals surface area contributed by atoms with E-state index < -0.39 is 10.0 Å². The molecule has 32 heavy (non-hydrogen) atoms. The lowest BCUT2D eigenvalue weighted by atomic mass is 9.93. The second-order valence-electron chi connectivity index (χ2n) is 8.54. The largest absolute Gasteiger partial charge is 0.354 e. The fourth-order valence-corrected chi connectivity index (χ4v) is 6.05. The molecule has 0 amide bonds. The minimum absolute atomic E-state index is 0.0335. The number of anilines is 2. The quantitative estimate of drug-likeness (QED) is 0.642. The summed E-state index contributed by atoms with van der Waals surface area (Å²) in [6.45, 7) is 2.86. The molecule has 0 spiro atoms. The van der Waals surface area contributed by atoms with Crippen LogP contribution in [0.3, 0.4) is 0 Å². The molecule has 3 aromatic rings. The van der Waals surface area contributed by atoms with Crippen LogP contribution in [-0.2, 0) is 10.0 Å². The normalized spacial score (nSPS) is 20.1. The number of hydrogen-bond donors (Lipinski definition) is 1. The lowest BCUT2D eigenvalue weighted by molar-refractivity contribution is 0.111. The third-order valence-corrected chi connectivity index (χ3v) is 8.02. The van der Waals surface area contributed by atoms with Crippen LogP contribution in [0.25, 0.3) is 0 Å². The van der Waals surface area contributed by atoms with Gasteiger partial charge in [0.15, 0.2) is 0 Å².